The molecule has 2 atom stereocenters. The summed E-state index contributed by atoms with van der Waals surface area (Å²) >= 11 is 3.44. The maximum atomic E-state index is 13.4. The van der Waals surface area contributed by atoms with Crippen LogP contribution in [0.15, 0.2) is 46.9 Å². The number of benzene rings is 2. The molecular formula is C25H24BrFN2O4. The Labute approximate surface area is 199 Å². The van der Waals surface area contributed by atoms with Crippen LogP contribution in [0.4, 0.5) is 9.18 Å². The van der Waals surface area contributed by atoms with Gasteiger partial charge in [0.25, 0.3) is 5.91 Å². The Morgan fingerprint density at radius 3 is 2.67 bits per heavy atom. The Morgan fingerprint density at radius 2 is 1.97 bits per heavy atom. The molecule has 2 aromatic carbocycles. The van der Waals surface area contributed by atoms with E-state index < -0.39 is 17.6 Å². The monoisotopic (exact) mass is 514 g/mol. The highest BCUT2D eigenvalue weighted by molar-refractivity contribution is 9.10. The van der Waals surface area contributed by atoms with E-state index in [0.717, 1.165) is 33.3 Å². The fourth-order valence-electron chi connectivity index (χ4n) is 4.93. The maximum Gasteiger partial charge on any atom is 0.418 e. The minimum atomic E-state index is -1.35. The topological polar surface area (TPSA) is 66.9 Å². The molecule has 0 N–H and O–H groups in total. The van der Waals surface area contributed by atoms with Gasteiger partial charge in [-0.05, 0) is 67.5 Å². The Morgan fingerprint density at radius 1 is 1.24 bits per heavy atom. The van der Waals surface area contributed by atoms with Crippen LogP contribution in [0, 0.1) is 11.7 Å². The average Bonchev–Trinajstić information content (AvgIpc) is 3.54. The van der Waals surface area contributed by atoms with Crippen molar-refractivity contribution in [2.75, 3.05) is 6.54 Å². The zero-order valence-electron chi connectivity index (χ0n) is 18.2. The fourth-order valence-corrected chi connectivity index (χ4v) is 5.34. The van der Waals surface area contributed by atoms with Gasteiger partial charge >= 0.3 is 6.09 Å². The second-order valence-corrected chi connectivity index (χ2v) is 10.0. The third-order valence-electron chi connectivity index (χ3n) is 7.00. The van der Waals surface area contributed by atoms with Gasteiger partial charge in [0.1, 0.15) is 12.4 Å². The first-order valence-electron chi connectivity index (χ1n) is 11.2. The highest BCUT2D eigenvalue weighted by Gasteiger charge is 2.58. The van der Waals surface area contributed by atoms with Gasteiger partial charge in [0.2, 0.25) is 11.5 Å². The van der Waals surface area contributed by atoms with E-state index in [0.29, 0.717) is 24.3 Å². The molecule has 0 bridgehead atoms. The number of nitrogens with zero attached hydrogens (tertiary/aromatic N) is 2. The van der Waals surface area contributed by atoms with Gasteiger partial charge in [-0.2, -0.15) is 0 Å². The lowest BCUT2D eigenvalue weighted by molar-refractivity contribution is -0.143. The quantitative estimate of drug-likeness (QED) is 0.567. The number of rotatable bonds is 6. The number of carbonyl (C=O) groups excluding carboxylic acids is 3. The predicted octanol–water partition coefficient (Wildman–Crippen LogP) is 4.54. The lowest BCUT2D eigenvalue weighted by Gasteiger charge is -2.30. The molecule has 8 heteroatoms. The molecule has 3 aliphatic rings. The summed E-state index contributed by atoms with van der Waals surface area (Å²) < 4.78 is 19.9. The zero-order chi connectivity index (χ0) is 23.3. The highest BCUT2D eigenvalue weighted by Crippen LogP contribution is 2.46. The van der Waals surface area contributed by atoms with Gasteiger partial charge in [0.05, 0.1) is 0 Å². The van der Waals surface area contributed by atoms with E-state index in [1.54, 1.807) is 23.1 Å². The van der Waals surface area contributed by atoms with Crippen molar-refractivity contribution in [2.24, 2.45) is 5.92 Å². The van der Waals surface area contributed by atoms with Crippen LogP contribution in [0.3, 0.4) is 0 Å². The Bertz CT molecular complexity index is 1130. The predicted molar refractivity (Wildman–Crippen MR) is 121 cm³/mol. The second kappa shape index (κ2) is 8.24. The molecule has 1 saturated heterocycles. The minimum absolute atomic E-state index is 0.0465. The zero-order valence-corrected chi connectivity index (χ0v) is 19.8. The number of aryl methyl sites for hydroxylation is 1. The smallest absolute Gasteiger partial charge is 0.418 e. The molecule has 5 rings (SSSR count). The van der Waals surface area contributed by atoms with Crippen molar-refractivity contribution in [3.63, 3.8) is 0 Å². The van der Waals surface area contributed by atoms with Crippen molar-refractivity contribution >= 4 is 33.8 Å². The summed E-state index contributed by atoms with van der Waals surface area (Å²) in [5.74, 6) is -0.758. The molecule has 1 heterocycles. The van der Waals surface area contributed by atoms with Crippen molar-refractivity contribution in [1.82, 2.24) is 9.80 Å². The summed E-state index contributed by atoms with van der Waals surface area (Å²) in [5, 5.41) is 0. The van der Waals surface area contributed by atoms with E-state index in [9.17, 15) is 18.8 Å². The highest BCUT2D eigenvalue weighted by atomic mass is 79.9. The van der Waals surface area contributed by atoms with Crippen LogP contribution in [-0.4, -0.2) is 40.3 Å². The molecule has 2 aliphatic carbocycles. The van der Waals surface area contributed by atoms with Gasteiger partial charge in [0, 0.05) is 29.0 Å². The number of fused-ring (bicyclic) bond motifs is 2. The minimum Gasteiger partial charge on any atom is -0.427 e. The lowest BCUT2D eigenvalue weighted by atomic mass is 9.95. The summed E-state index contributed by atoms with van der Waals surface area (Å²) in [5.41, 5.74) is 1.09. The lowest BCUT2D eigenvalue weighted by Crippen LogP contribution is -2.47. The van der Waals surface area contributed by atoms with Crippen molar-refractivity contribution in [3.05, 3.63) is 69.4 Å². The van der Waals surface area contributed by atoms with Gasteiger partial charge in [-0.15, -0.1) is 0 Å². The SMILES string of the molecule is C[C@H](C1CC1)N(Cc1ccc(F)cc1)C(=O)CN1C(=O)O[C@@]2(CCc3cc(Br)ccc32)C1=O. The number of hydrogen-bond donors (Lipinski definition) is 0. The molecule has 172 valence electrons. The third-order valence-corrected chi connectivity index (χ3v) is 7.49. The molecule has 1 spiro atoms. The van der Waals surface area contributed by atoms with Gasteiger partial charge in [0.15, 0.2) is 0 Å². The third kappa shape index (κ3) is 3.94. The fraction of sp³-hybridized carbons (Fsp3) is 0.400. The Balaban J connectivity index is 1.37. The molecule has 3 amide bonds. The molecule has 2 fully saturated rings. The van der Waals surface area contributed by atoms with Crippen molar-refractivity contribution in [1.29, 1.82) is 0 Å². The van der Waals surface area contributed by atoms with Crippen LogP contribution in [0.1, 0.15) is 42.9 Å². The largest absolute Gasteiger partial charge is 0.427 e. The number of halogens is 2. The average molecular weight is 515 g/mol. The number of carbonyl (C=O) groups is 3. The molecule has 0 radical (unpaired) electrons. The van der Waals surface area contributed by atoms with Crippen LogP contribution >= 0.6 is 15.9 Å². The van der Waals surface area contributed by atoms with Gasteiger partial charge in [-0.1, -0.05) is 34.1 Å². The molecular weight excluding hydrogens is 491 g/mol. The first-order valence-corrected chi connectivity index (χ1v) is 12.0. The Kier molecular flexibility index (Phi) is 5.51. The van der Waals surface area contributed by atoms with E-state index in [1.807, 2.05) is 19.1 Å². The summed E-state index contributed by atoms with van der Waals surface area (Å²) in [7, 11) is 0. The summed E-state index contributed by atoms with van der Waals surface area (Å²) in [6.07, 6.45) is 2.27. The second-order valence-electron chi connectivity index (χ2n) is 9.11. The van der Waals surface area contributed by atoms with Crippen molar-refractivity contribution < 1.29 is 23.5 Å². The van der Waals surface area contributed by atoms with Gasteiger partial charge in [-0.25, -0.2) is 14.1 Å². The summed E-state index contributed by atoms with van der Waals surface area (Å²) in [4.78, 5) is 42.2. The number of ether oxygens (including phenoxy) is 1. The number of hydrogen-bond acceptors (Lipinski definition) is 4. The van der Waals surface area contributed by atoms with E-state index in [2.05, 4.69) is 15.9 Å². The number of imide groups is 1. The van der Waals surface area contributed by atoms with E-state index in [1.165, 1.54) is 12.1 Å². The molecule has 1 saturated carbocycles. The van der Waals surface area contributed by atoms with Crippen LogP contribution < -0.4 is 0 Å². The molecule has 1 aliphatic heterocycles. The standard InChI is InChI=1S/C25H24BrFN2O4/c1-15(17-4-5-17)28(13-16-2-7-20(27)8-3-16)22(30)14-29-23(31)25(33-24(29)32)11-10-18-12-19(26)6-9-21(18)25/h2-3,6-9,12,15,17H,4-5,10-11,13-14H2,1H3/t15-,25-/m1/s1. The van der Waals surface area contributed by atoms with Crippen LogP contribution in [0.5, 0.6) is 0 Å². The number of amides is 3. The molecule has 0 unspecified atom stereocenters. The molecule has 33 heavy (non-hydrogen) atoms. The van der Waals surface area contributed by atoms with Gasteiger partial charge in [-0.3, -0.25) is 9.59 Å². The molecule has 6 nitrogen and oxygen atoms in total. The first-order chi connectivity index (χ1) is 15.8. The normalized spacial score (nSPS) is 22.5. The van der Waals surface area contributed by atoms with Crippen LogP contribution in [0.25, 0.3) is 0 Å². The first kappa shape index (κ1) is 22.1. The van der Waals surface area contributed by atoms with Crippen molar-refractivity contribution in [2.45, 2.75) is 50.8 Å². The van der Waals surface area contributed by atoms with Crippen LogP contribution in [-0.2, 0) is 32.9 Å². The van der Waals surface area contributed by atoms with E-state index >= 15 is 0 Å². The van der Waals surface area contributed by atoms with E-state index in [4.69, 9.17) is 4.74 Å². The summed E-state index contributed by atoms with van der Waals surface area (Å²) in [6, 6.07) is 11.5. The molecule has 0 aromatic heterocycles. The summed E-state index contributed by atoms with van der Waals surface area (Å²) in [6.45, 7) is 1.90. The Hall–Kier alpha value is -2.74. The van der Waals surface area contributed by atoms with Crippen molar-refractivity contribution in [3.8, 4) is 0 Å². The van der Waals surface area contributed by atoms with Gasteiger partial charge < -0.3 is 9.64 Å². The maximum absolute atomic E-state index is 13.4. The molecule has 2 aromatic rings. The van der Waals surface area contributed by atoms with E-state index in [-0.39, 0.29) is 30.9 Å². The van der Waals surface area contributed by atoms with Crippen LogP contribution in [0.2, 0.25) is 0 Å².